The van der Waals surface area contributed by atoms with Crippen molar-refractivity contribution in [2.45, 2.75) is 20.0 Å². The van der Waals surface area contributed by atoms with Gasteiger partial charge in [-0.3, -0.25) is 11.3 Å². The normalized spacial score (nSPS) is 12.5. The fraction of sp³-hybridized carbons (Fsp3) is 0.400. The van der Waals surface area contributed by atoms with Gasteiger partial charge in [0.05, 0.1) is 0 Å². The molecule has 0 aromatic heterocycles. The minimum Gasteiger partial charge on any atom is -0.489 e. The van der Waals surface area contributed by atoms with Crippen LogP contribution in [0.5, 0.6) is 5.75 Å². The molecular weight excluding hydrogens is 164 g/mol. The summed E-state index contributed by atoms with van der Waals surface area (Å²) in [6.45, 7) is 4.66. The van der Waals surface area contributed by atoms with Crippen LogP contribution >= 0.6 is 0 Å². The minimum absolute atomic E-state index is 0.0896. The lowest BCUT2D eigenvalue weighted by Gasteiger charge is -2.13. The number of nitrogens with one attached hydrogen (secondary N) is 1. The summed E-state index contributed by atoms with van der Waals surface area (Å²) in [6, 6.07) is 7.97. The molecule has 0 heterocycles. The van der Waals surface area contributed by atoms with Crippen LogP contribution in [0.25, 0.3) is 0 Å². The molecule has 1 aromatic rings. The van der Waals surface area contributed by atoms with E-state index < -0.39 is 0 Å². The molecule has 0 aliphatic heterocycles. The highest BCUT2D eigenvalue weighted by molar-refractivity contribution is 5.27. The van der Waals surface area contributed by atoms with Crippen LogP contribution in [0.2, 0.25) is 0 Å². The van der Waals surface area contributed by atoms with E-state index >= 15 is 0 Å². The third-order valence-corrected chi connectivity index (χ3v) is 1.73. The smallest absolute Gasteiger partial charge is 0.120 e. The Morgan fingerprint density at radius 2 is 2.31 bits per heavy atom. The van der Waals surface area contributed by atoms with Gasteiger partial charge in [-0.25, -0.2) is 0 Å². The second kappa shape index (κ2) is 4.84. The fourth-order valence-corrected chi connectivity index (χ4v) is 1.13. The average molecular weight is 180 g/mol. The maximum atomic E-state index is 5.59. The highest BCUT2D eigenvalue weighted by atomic mass is 16.5. The van der Waals surface area contributed by atoms with Crippen molar-refractivity contribution in [3.8, 4) is 5.75 Å². The molecule has 0 amide bonds. The zero-order chi connectivity index (χ0) is 9.68. The van der Waals surface area contributed by atoms with Gasteiger partial charge in [0.25, 0.3) is 0 Å². The first-order valence-corrected chi connectivity index (χ1v) is 4.39. The topological polar surface area (TPSA) is 47.3 Å². The fourth-order valence-electron chi connectivity index (χ4n) is 1.13. The highest BCUT2D eigenvalue weighted by Gasteiger charge is 2.01. The summed E-state index contributed by atoms with van der Waals surface area (Å²) >= 11 is 0. The SMILES string of the molecule is Cc1cccc(OC(C)CNN)c1. The first-order valence-electron chi connectivity index (χ1n) is 4.39. The van der Waals surface area contributed by atoms with Crippen LogP contribution in [-0.4, -0.2) is 12.6 Å². The van der Waals surface area contributed by atoms with Crippen LogP contribution < -0.4 is 16.0 Å². The van der Waals surface area contributed by atoms with Gasteiger partial charge in [-0.05, 0) is 31.5 Å². The van der Waals surface area contributed by atoms with E-state index in [1.54, 1.807) is 0 Å². The van der Waals surface area contributed by atoms with E-state index in [9.17, 15) is 0 Å². The number of aryl methyl sites for hydroxylation is 1. The number of nitrogens with two attached hydrogens (primary N) is 1. The van der Waals surface area contributed by atoms with Gasteiger partial charge in [0.15, 0.2) is 0 Å². The van der Waals surface area contributed by atoms with Crippen LogP contribution in [0.4, 0.5) is 0 Å². The summed E-state index contributed by atoms with van der Waals surface area (Å²) in [6.07, 6.45) is 0.0896. The maximum absolute atomic E-state index is 5.59. The van der Waals surface area contributed by atoms with Gasteiger partial charge in [-0.1, -0.05) is 12.1 Å². The molecule has 3 nitrogen and oxygen atoms in total. The first-order chi connectivity index (χ1) is 6.22. The average Bonchev–Trinajstić information content (AvgIpc) is 2.04. The Bertz CT molecular complexity index is 263. The van der Waals surface area contributed by atoms with Gasteiger partial charge in [0.1, 0.15) is 11.9 Å². The Labute approximate surface area is 78.9 Å². The van der Waals surface area contributed by atoms with Gasteiger partial charge < -0.3 is 4.74 Å². The number of ether oxygens (including phenoxy) is 1. The lowest BCUT2D eigenvalue weighted by molar-refractivity contribution is 0.218. The second-order valence-corrected chi connectivity index (χ2v) is 3.15. The molecule has 13 heavy (non-hydrogen) atoms. The Morgan fingerprint density at radius 1 is 1.54 bits per heavy atom. The monoisotopic (exact) mass is 180 g/mol. The molecule has 72 valence electrons. The third kappa shape index (κ3) is 3.44. The maximum Gasteiger partial charge on any atom is 0.120 e. The van der Waals surface area contributed by atoms with Crippen LogP contribution in [0.15, 0.2) is 24.3 Å². The summed E-state index contributed by atoms with van der Waals surface area (Å²) in [7, 11) is 0. The molecule has 0 spiro atoms. The molecule has 0 aliphatic carbocycles. The molecule has 1 aromatic carbocycles. The number of rotatable bonds is 4. The van der Waals surface area contributed by atoms with Crippen molar-refractivity contribution in [2.24, 2.45) is 5.84 Å². The van der Waals surface area contributed by atoms with E-state index in [0.29, 0.717) is 6.54 Å². The van der Waals surface area contributed by atoms with Crippen LogP contribution in [0.3, 0.4) is 0 Å². The summed E-state index contributed by atoms with van der Waals surface area (Å²) < 4.78 is 5.59. The van der Waals surface area contributed by atoms with Crippen molar-refractivity contribution < 1.29 is 4.74 Å². The molecule has 3 heteroatoms. The quantitative estimate of drug-likeness (QED) is 0.541. The molecule has 1 rings (SSSR count). The number of hydrogen-bond donors (Lipinski definition) is 2. The van der Waals surface area contributed by atoms with Crippen molar-refractivity contribution in [1.82, 2.24) is 5.43 Å². The molecular formula is C10H16N2O. The van der Waals surface area contributed by atoms with Crippen molar-refractivity contribution in [2.75, 3.05) is 6.54 Å². The Balaban J connectivity index is 2.53. The number of hydrazine groups is 1. The summed E-state index contributed by atoms with van der Waals surface area (Å²) in [5, 5.41) is 0. The molecule has 3 N–H and O–H groups in total. The van der Waals surface area contributed by atoms with Gasteiger partial charge >= 0.3 is 0 Å². The van der Waals surface area contributed by atoms with E-state index in [2.05, 4.69) is 5.43 Å². The lowest BCUT2D eigenvalue weighted by atomic mass is 10.2. The first kappa shape index (κ1) is 10.0. The van der Waals surface area contributed by atoms with Crippen LogP contribution in [-0.2, 0) is 0 Å². The van der Waals surface area contributed by atoms with Crippen LogP contribution in [0, 0.1) is 6.92 Å². The summed E-state index contributed by atoms with van der Waals surface area (Å²) in [5.74, 6) is 6.07. The van der Waals surface area contributed by atoms with E-state index in [1.165, 1.54) is 5.56 Å². The Hall–Kier alpha value is -1.06. The standard InChI is InChI=1S/C10H16N2O/c1-8-4-3-5-10(6-8)13-9(2)7-12-11/h3-6,9,12H,7,11H2,1-2H3. The lowest BCUT2D eigenvalue weighted by Crippen LogP contribution is -2.33. The highest BCUT2D eigenvalue weighted by Crippen LogP contribution is 2.13. The molecule has 0 saturated heterocycles. The van der Waals surface area contributed by atoms with E-state index in [4.69, 9.17) is 10.6 Å². The predicted molar refractivity (Wildman–Crippen MR) is 53.5 cm³/mol. The van der Waals surface area contributed by atoms with Crippen molar-refractivity contribution in [3.63, 3.8) is 0 Å². The second-order valence-electron chi connectivity index (χ2n) is 3.15. The predicted octanol–water partition coefficient (Wildman–Crippen LogP) is 1.23. The zero-order valence-electron chi connectivity index (χ0n) is 8.08. The Morgan fingerprint density at radius 3 is 2.92 bits per heavy atom. The molecule has 1 atom stereocenters. The van der Waals surface area contributed by atoms with Gasteiger partial charge in [-0.15, -0.1) is 0 Å². The van der Waals surface area contributed by atoms with Crippen LogP contribution in [0.1, 0.15) is 12.5 Å². The molecule has 1 unspecified atom stereocenters. The molecule has 0 saturated carbocycles. The number of hydrogen-bond acceptors (Lipinski definition) is 3. The summed E-state index contributed by atoms with van der Waals surface area (Å²) in [5.41, 5.74) is 3.78. The number of benzene rings is 1. The van der Waals surface area contributed by atoms with E-state index in [-0.39, 0.29) is 6.10 Å². The molecule has 0 bridgehead atoms. The molecule has 0 fully saturated rings. The van der Waals surface area contributed by atoms with Gasteiger partial charge in [0.2, 0.25) is 0 Å². The van der Waals surface area contributed by atoms with Crippen molar-refractivity contribution in [3.05, 3.63) is 29.8 Å². The molecule has 0 aliphatic rings. The van der Waals surface area contributed by atoms with Gasteiger partial charge in [0, 0.05) is 6.54 Å². The van der Waals surface area contributed by atoms with Crippen molar-refractivity contribution in [1.29, 1.82) is 0 Å². The van der Waals surface area contributed by atoms with Gasteiger partial charge in [-0.2, -0.15) is 0 Å². The Kier molecular flexibility index (Phi) is 3.73. The van der Waals surface area contributed by atoms with E-state index in [1.807, 2.05) is 38.1 Å². The largest absolute Gasteiger partial charge is 0.489 e. The van der Waals surface area contributed by atoms with Crippen molar-refractivity contribution >= 4 is 0 Å². The third-order valence-electron chi connectivity index (χ3n) is 1.73. The zero-order valence-corrected chi connectivity index (χ0v) is 8.08. The molecule has 0 radical (unpaired) electrons. The van der Waals surface area contributed by atoms with E-state index in [0.717, 1.165) is 5.75 Å². The summed E-state index contributed by atoms with van der Waals surface area (Å²) in [4.78, 5) is 0. The minimum atomic E-state index is 0.0896.